The van der Waals surface area contributed by atoms with E-state index in [2.05, 4.69) is 13.8 Å². The van der Waals surface area contributed by atoms with Crippen molar-refractivity contribution in [3.05, 3.63) is 0 Å². The van der Waals surface area contributed by atoms with Gasteiger partial charge in [-0.3, -0.25) is 0 Å². The summed E-state index contributed by atoms with van der Waals surface area (Å²) in [5.41, 5.74) is 0. The number of hydrogen-bond donors (Lipinski definition) is 0. The molecule has 0 spiro atoms. The van der Waals surface area contributed by atoms with Gasteiger partial charge < -0.3 is 0 Å². The third kappa shape index (κ3) is 28.1. The van der Waals surface area contributed by atoms with Crippen LogP contribution in [0.25, 0.3) is 0 Å². The Hall–Kier alpha value is -0.0500. The maximum atomic E-state index is 12.2. The Morgan fingerprint density at radius 3 is 0.697 bits per heavy atom. The molecule has 0 heterocycles. The Labute approximate surface area is 210 Å². The Morgan fingerprint density at radius 1 is 0.303 bits per heavy atom. The van der Waals surface area contributed by atoms with Crippen LogP contribution in [0.3, 0.4) is 0 Å². The molecule has 0 bridgehead atoms. The lowest BCUT2D eigenvalue weighted by atomic mass is 10.0. The van der Waals surface area contributed by atoms with Crippen LogP contribution in [0, 0.1) is 0 Å². The van der Waals surface area contributed by atoms with Gasteiger partial charge in [-0.2, -0.15) is 0 Å². The predicted octanol–water partition coefficient (Wildman–Crippen LogP) is 10.6. The molecule has 0 radical (unpaired) electrons. The van der Waals surface area contributed by atoms with Crippen molar-refractivity contribution in [2.24, 2.45) is 0 Å². The molecule has 200 valence electrons. The highest BCUT2D eigenvalue weighted by Crippen LogP contribution is 2.15. The molecule has 0 aliphatic heterocycles. The Morgan fingerprint density at radius 2 is 0.485 bits per heavy atom. The van der Waals surface area contributed by atoms with E-state index in [0.717, 1.165) is 25.7 Å². The van der Waals surface area contributed by atoms with Crippen LogP contribution in [0.15, 0.2) is 0 Å². The molecule has 33 heavy (non-hydrogen) atoms. The topological polar surface area (TPSA) is 34.1 Å². The van der Waals surface area contributed by atoms with Crippen LogP contribution in [0.2, 0.25) is 0 Å². The van der Waals surface area contributed by atoms with Gasteiger partial charge in [0.15, 0.2) is 0 Å². The Balaban J connectivity index is 3.30. The summed E-state index contributed by atoms with van der Waals surface area (Å²) in [5, 5.41) is 0. The summed E-state index contributed by atoms with van der Waals surface area (Å²) in [5.74, 6) is 0.839. The SMILES string of the molecule is CCCCCCCCCCCCCCCS(=O)(=O)CCCCCCCCCCCCCCC. The summed E-state index contributed by atoms with van der Waals surface area (Å²) in [7, 11) is -2.81. The number of unbranched alkanes of at least 4 members (excludes halogenated alkanes) is 24. The van der Waals surface area contributed by atoms with Crippen molar-refractivity contribution >= 4 is 9.84 Å². The van der Waals surface area contributed by atoms with Gasteiger partial charge in [0.2, 0.25) is 0 Å². The first-order chi connectivity index (χ1) is 16.1. The Bertz CT molecular complexity index is 422. The highest BCUT2D eigenvalue weighted by Gasteiger charge is 2.09. The van der Waals surface area contributed by atoms with Crippen LogP contribution in [0.4, 0.5) is 0 Å². The van der Waals surface area contributed by atoms with Gasteiger partial charge in [-0.25, -0.2) is 8.42 Å². The second-order valence-corrected chi connectivity index (χ2v) is 12.9. The molecule has 0 aromatic carbocycles. The molecular weight excluding hydrogens is 424 g/mol. The van der Waals surface area contributed by atoms with Crippen molar-refractivity contribution in [2.75, 3.05) is 11.5 Å². The molecule has 0 N–H and O–H groups in total. The number of sulfone groups is 1. The standard InChI is InChI=1S/C30H62O2S/c1-3-5-7-9-11-13-15-17-19-21-23-25-27-29-33(31,32)30-28-26-24-22-20-18-16-14-12-10-8-6-4-2/h3-30H2,1-2H3. The molecule has 0 amide bonds. The molecular formula is C30H62O2S. The van der Waals surface area contributed by atoms with E-state index in [1.54, 1.807) is 0 Å². The third-order valence-corrected chi connectivity index (χ3v) is 8.94. The maximum Gasteiger partial charge on any atom is 0.150 e. The van der Waals surface area contributed by atoms with Crippen LogP contribution < -0.4 is 0 Å². The van der Waals surface area contributed by atoms with Gasteiger partial charge in [0.25, 0.3) is 0 Å². The van der Waals surface area contributed by atoms with E-state index in [9.17, 15) is 8.42 Å². The van der Waals surface area contributed by atoms with Crippen molar-refractivity contribution in [1.29, 1.82) is 0 Å². The summed E-state index contributed by atoms with van der Waals surface area (Å²) < 4.78 is 24.5. The van der Waals surface area contributed by atoms with E-state index in [-0.39, 0.29) is 0 Å². The summed E-state index contributed by atoms with van der Waals surface area (Å²) in [6, 6.07) is 0. The van der Waals surface area contributed by atoms with E-state index in [1.807, 2.05) is 0 Å². The molecule has 2 nitrogen and oxygen atoms in total. The summed E-state index contributed by atoms with van der Waals surface area (Å²) in [6.45, 7) is 4.55. The van der Waals surface area contributed by atoms with Gasteiger partial charge in [0.1, 0.15) is 9.84 Å². The fourth-order valence-corrected chi connectivity index (χ4v) is 6.27. The van der Waals surface area contributed by atoms with Crippen LogP contribution >= 0.6 is 0 Å². The molecule has 0 aliphatic rings. The van der Waals surface area contributed by atoms with Crippen LogP contribution in [-0.2, 0) is 9.84 Å². The first kappa shape index (κ1) is 33.0. The average molecular weight is 487 g/mol. The lowest BCUT2D eigenvalue weighted by Crippen LogP contribution is -2.11. The van der Waals surface area contributed by atoms with Crippen molar-refractivity contribution in [3.8, 4) is 0 Å². The van der Waals surface area contributed by atoms with Gasteiger partial charge in [-0.15, -0.1) is 0 Å². The first-order valence-corrected chi connectivity index (χ1v) is 17.1. The molecule has 0 saturated heterocycles. The molecule has 0 saturated carbocycles. The lowest BCUT2D eigenvalue weighted by molar-refractivity contribution is 0.538. The van der Waals surface area contributed by atoms with Gasteiger partial charge in [-0.05, 0) is 12.8 Å². The Kier molecular flexibility index (Phi) is 26.5. The highest BCUT2D eigenvalue weighted by atomic mass is 32.2. The van der Waals surface area contributed by atoms with Gasteiger partial charge in [-0.1, -0.05) is 168 Å². The second-order valence-electron chi connectivity index (χ2n) is 10.6. The zero-order chi connectivity index (χ0) is 24.3. The molecule has 0 rings (SSSR count). The lowest BCUT2D eigenvalue weighted by Gasteiger charge is -2.06. The van der Waals surface area contributed by atoms with Crippen molar-refractivity contribution in [2.45, 2.75) is 181 Å². The van der Waals surface area contributed by atoms with Crippen molar-refractivity contribution < 1.29 is 8.42 Å². The molecule has 0 fully saturated rings. The molecule has 0 aromatic rings. The van der Waals surface area contributed by atoms with E-state index < -0.39 is 9.84 Å². The summed E-state index contributed by atoms with van der Waals surface area (Å²) in [6.07, 6.45) is 33.9. The predicted molar refractivity (Wildman–Crippen MR) is 150 cm³/mol. The van der Waals surface area contributed by atoms with E-state index in [0.29, 0.717) is 11.5 Å². The maximum absolute atomic E-state index is 12.2. The normalized spacial score (nSPS) is 11.9. The zero-order valence-corrected chi connectivity index (χ0v) is 23.8. The highest BCUT2D eigenvalue weighted by molar-refractivity contribution is 7.91. The van der Waals surface area contributed by atoms with Crippen LogP contribution in [0.5, 0.6) is 0 Å². The van der Waals surface area contributed by atoms with E-state index >= 15 is 0 Å². The second kappa shape index (κ2) is 26.6. The molecule has 0 atom stereocenters. The fraction of sp³-hybridized carbons (Fsp3) is 1.00. The molecule has 0 unspecified atom stereocenters. The minimum atomic E-state index is -2.81. The van der Waals surface area contributed by atoms with E-state index in [4.69, 9.17) is 0 Å². The van der Waals surface area contributed by atoms with Crippen molar-refractivity contribution in [3.63, 3.8) is 0 Å². The van der Waals surface area contributed by atoms with Crippen molar-refractivity contribution in [1.82, 2.24) is 0 Å². The molecule has 0 aromatic heterocycles. The summed E-state index contributed by atoms with van der Waals surface area (Å²) >= 11 is 0. The quantitative estimate of drug-likeness (QED) is 0.103. The number of rotatable bonds is 28. The largest absolute Gasteiger partial charge is 0.229 e. The molecule has 0 aliphatic carbocycles. The summed E-state index contributed by atoms with van der Waals surface area (Å²) in [4.78, 5) is 0. The monoisotopic (exact) mass is 486 g/mol. The third-order valence-electron chi connectivity index (χ3n) is 7.12. The minimum absolute atomic E-state index is 0.420. The van der Waals surface area contributed by atoms with Gasteiger partial charge in [0.05, 0.1) is 11.5 Å². The van der Waals surface area contributed by atoms with Gasteiger partial charge in [0, 0.05) is 0 Å². The van der Waals surface area contributed by atoms with E-state index in [1.165, 1.54) is 141 Å². The molecule has 3 heteroatoms. The average Bonchev–Trinajstić information content (AvgIpc) is 2.80. The fourth-order valence-electron chi connectivity index (χ4n) is 4.78. The van der Waals surface area contributed by atoms with Crippen LogP contribution in [0.1, 0.15) is 181 Å². The number of hydrogen-bond acceptors (Lipinski definition) is 2. The zero-order valence-electron chi connectivity index (χ0n) is 23.0. The van der Waals surface area contributed by atoms with Gasteiger partial charge >= 0.3 is 0 Å². The minimum Gasteiger partial charge on any atom is -0.229 e. The van der Waals surface area contributed by atoms with Crippen LogP contribution in [-0.4, -0.2) is 19.9 Å². The first-order valence-electron chi connectivity index (χ1n) is 15.3. The smallest absolute Gasteiger partial charge is 0.150 e.